The molecule has 0 spiro atoms. The Labute approximate surface area is 153 Å². The summed E-state index contributed by atoms with van der Waals surface area (Å²) in [6.07, 6.45) is 0.301. The maximum absolute atomic E-state index is 11.7. The molecule has 0 aliphatic carbocycles. The van der Waals surface area contributed by atoms with E-state index in [9.17, 15) is 18.0 Å². The minimum atomic E-state index is -3.19. The number of nitrogens with one attached hydrogen (secondary N) is 1. The predicted octanol–water partition coefficient (Wildman–Crippen LogP) is 0.570. The third-order valence-corrected chi connectivity index (χ3v) is 2.72. The Balaban J connectivity index is 0.00000101. The van der Waals surface area contributed by atoms with Crippen molar-refractivity contribution in [3.63, 3.8) is 0 Å². The molecule has 25 heavy (non-hydrogen) atoms. The summed E-state index contributed by atoms with van der Waals surface area (Å²) in [7, 11) is 2.60. The summed E-state index contributed by atoms with van der Waals surface area (Å²) in [6, 6.07) is -0.743. The molecule has 1 rings (SSSR count). The molecule has 0 unspecified atom stereocenters. The van der Waals surface area contributed by atoms with Crippen LogP contribution in [0.2, 0.25) is 0 Å². The molecule has 1 fully saturated rings. The van der Waals surface area contributed by atoms with E-state index < -0.39 is 32.8 Å². The van der Waals surface area contributed by atoms with E-state index >= 15 is 0 Å². The Bertz CT molecular complexity index is 520. The number of esters is 1. The molecule has 1 N–H and O–H groups in total. The van der Waals surface area contributed by atoms with E-state index in [4.69, 9.17) is 14.2 Å². The van der Waals surface area contributed by atoms with Gasteiger partial charge in [-0.05, 0) is 20.8 Å². The molecule has 11 heteroatoms. The maximum atomic E-state index is 11.7. The molecule has 148 valence electrons. The third-order valence-electron chi connectivity index (χ3n) is 2.72. The van der Waals surface area contributed by atoms with Gasteiger partial charge in [0.05, 0.1) is 26.6 Å². The zero-order chi connectivity index (χ0) is 19.7. The first-order valence-corrected chi connectivity index (χ1v) is 10.3. The van der Waals surface area contributed by atoms with E-state index in [-0.39, 0.29) is 0 Å². The summed E-state index contributed by atoms with van der Waals surface area (Å²) in [5.74, 6) is -0.484. The number of nitrogens with zero attached hydrogens (tertiary/aromatic N) is 1. The standard InChI is InChI=1S/C13H24N2O5.CH3ClO2S/c1-13(2,3)20-12(17)14-10(11(16)18-4)9-15-5-7-19-8-6-15;1-5(2,3)4/h10H,5-9H2,1-4H3,(H,14,17);1H3/t10-;/m0./s1. The Morgan fingerprint density at radius 3 is 2.16 bits per heavy atom. The summed E-state index contributed by atoms with van der Waals surface area (Å²) in [5.41, 5.74) is -0.607. The first-order chi connectivity index (χ1) is 11.3. The van der Waals surface area contributed by atoms with Crippen LogP contribution in [0, 0.1) is 0 Å². The van der Waals surface area contributed by atoms with E-state index in [1.165, 1.54) is 7.11 Å². The molecule has 1 heterocycles. The first kappa shape index (κ1) is 23.9. The van der Waals surface area contributed by atoms with Gasteiger partial charge < -0.3 is 19.5 Å². The molecule has 1 amide bonds. The van der Waals surface area contributed by atoms with E-state index in [0.29, 0.717) is 19.8 Å². The van der Waals surface area contributed by atoms with E-state index in [1.54, 1.807) is 20.8 Å². The van der Waals surface area contributed by atoms with Gasteiger partial charge in [0.25, 0.3) is 0 Å². The minimum absolute atomic E-state index is 0.384. The van der Waals surface area contributed by atoms with Gasteiger partial charge in [-0.1, -0.05) is 0 Å². The number of rotatable bonds is 4. The number of hydrogen-bond donors (Lipinski definition) is 1. The van der Waals surface area contributed by atoms with Crippen molar-refractivity contribution in [3.05, 3.63) is 0 Å². The van der Waals surface area contributed by atoms with Gasteiger partial charge >= 0.3 is 12.1 Å². The average molecular weight is 403 g/mol. The van der Waals surface area contributed by atoms with Crippen molar-refractivity contribution in [2.45, 2.75) is 32.4 Å². The second-order valence-corrected chi connectivity index (χ2v) is 9.36. The zero-order valence-corrected chi connectivity index (χ0v) is 16.8. The average Bonchev–Trinajstić information content (AvgIpc) is 2.43. The molecular weight excluding hydrogens is 376 g/mol. The summed E-state index contributed by atoms with van der Waals surface area (Å²) in [6.45, 7) is 8.38. The SMILES string of the molecule is COC(=O)[C@H](CN1CCOCC1)NC(=O)OC(C)(C)C.CS(=O)(=O)Cl. The lowest BCUT2D eigenvalue weighted by atomic mass is 10.2. The van der Waals surface area contributed by atoms with E-state index in [0.717, 1.165) is 19.3 Å². The van der Waals surface area contributed by atoms with Crippen LogP contribution in [0.5, 0.6) is 0 Å². The lowest BCUT2D eigenvalue weighted by Crippen LogP contribution is -2.52. The minimum Gasteiger partial charge on any atom is -0.467 e. The van der Waals surface area contributed by atoms with Crippen LogP contribution in [0.15, 0.2) is 0 Å². The molecule has 1 aliphatic rings. The van der Waals surface area contributed by atoms with Gasteiger partial charge in [-0.2, -0.15) is 0 Å². The summed E-state index contributed by atoms with van der Waals surface area (Å²) in [5, 5.41) is 2.55. The highest BCUT2D eigenvalue weighted by Gasteiger charge is 2.27. The number of alkyl carbamates (subject to hydrolysis) is 1. The van der Waals surface area contributed by atoms with Gasteiger partial charge in [-0.3, -0.25) is 4.90 Å². The second kappa shape index (κ2) is 10.8. The van der Waals surface area contributed by atoms with Crippen molar-refractivity contribution in [1.82, 2.24) is 10.2 Å². The van der Waals surface area contributed by atoms with Gasteiger partial charge in [-0.25, -0.2) is 18.0 Å². The van der Waals surface area contributed by atoms with Crippen LogP contribution in [0.25, 0.3) is 0 Å². The number of morpholine rings is 1. The number of carbonyl (C=O) groups excluding carboxylic acids is 2. The van der Waals surface area contributed by atoms with Gasteiger partial charge in [0, 0.05) is 30.3 Å². The molecule has 0 bridgehead atoms. The van der Waals surface area contributed by atoms with Crippen LogP contribution in [-0.4, -0.2) is 83.2 Å². The van der Waals surface area contributed by atoms with Crippen LogP contribution in [0.4, 0.5) is 4.79 Å². The van der Waals surface area contributed by atoms with Crippen molar-refractivity contribution >= 4 is 31.8 Å². The first-order valence-electron chi connectivity index (χ1n) is 7.59. The van der Waals surface area contributed by atoms with Gasteiger partial charge in [0.2, 0.25) is 9.05 Å². The predicted molar refractivity (Wildman–Crippen MR) is 93.1 cm³/mol. The summed E-state index contributed by atoms with van der Waals surface area (Å²) < 4.78 is 33.9. The molecule has 0 aromatic carbocycles. The second-order valence-electron chi connectivity index (χ2n) is 6.32. The Kier molecular flexibility index (Phi) is 10.3. The maximum Gasteiger partial charge on any atom is 0.408 e. The lowest BCUT2D eigenvalue weighted by molar-refractivity contribution is -0.144. The Morgan fingerprint density at radius 1 is 1.28 bits per heavy atom. The highest BCUT2D eigenvalue weighted by atomic mass is 35.7. The van der Waals surface area contributed by atoms with Crippen LogP contribution >= 0.6 is 10.7 Å². The fourth-order valence-corrected chi connectivity index (χ4v) is 1.81. The third kappa shape index (κ3) is 14.9. The van der Waals surface area contributed by atoms with E-state index in [2.05, 4.69) is 16.0 Å². The van der Waals surface area contributed by atoms with Crippen LogP contribution < -0.4 is 5.32 Å². The summed E-state index contributed by atoms with van der Waals surface area (Å²) in [4.78, 5) is 25.5. The number of hydrogen-bond acceptors (Lipinski definition) is 8. The number of carbonyl (C=O) groups is 2. The number of halogens is 1. The zero-order valence-electron chi connectivity index (χ0n) is 15.2. The van der Waals surface area contributed by atoms with Crippen molar-refractivity contribution in [2.75, 3.05) is 46.2 Å². The number of methoxy groups -OCH3 is 1. The fourth-order valence-electron chi connectivity index (χ4n) is 1.81. The number of ether oxygens (including phenoxy) is 3. The van der Waals surface area contributed by atoms with Crippen molar-refractivity contribution in [1.29, 1.82) is 0 Å². The molecular formula is C14H27ClN2O7S. The van der Waals surface area contributed by atoms with Crippen molar-refractivity contribution in [2.24, 2.45) is 0 Å². The molecule has 1 aliphatic heterocycles. The highest BCUT2D eigenvalue weighted by Crippen LogP contribution is 2.07. The van der Waals surface area contributed by atoms with Crippen LogP contribution in [-0.2, 0) is 28.1 Å². The smallest absolute Gasteiger partial charge is 0.408 e. The van der Waals surface area contributed by atoms with Gasteiger partial charge in [0.15, 0.2) is 0 Å². The highest BCUT2D eigenvalue weighted by molar-refractivity contribution is 8.13. The van der Waals surface area contributed by atoms with E-state index in [1.807, 2.05) is 4.90 Å². The molecule has 1 saturated heterocycles. The van der Waals surface area contributed by atoms with Crippen LogP contribution in [0.3, 0.4) is 0 Å². The molecule has 0 saturated carbocycles. The Hall–Kier alpha value is -1.10. The summed E-state index contributed by atoms with van der Waals surface area (Å²) >= 11 is 0. The largest absolute Gasteiger partial charge is 0.467 e. The normalized spacial score (nSPS) is 16.9. The van der Waals surface area contributed by atoms with Gasteiger partial charge in [-0.15, -0.1) is 0 Å². The molecule has 0 aromatic heterocycles. The number of amides is 1. The monoisotopic (exact) mass is 402 g/mol. The molecule has 1 atom stereocenters. The van der Waals surface area contributed by atoms with Crippen molar-refractivity contribution in [3.8, 4) is 0 Å². The molecule has 0 radical (unpaired) electrons. The quantitative estimate of drug-likeness (QED) is 0.536. The van der Waals surface area contributed by atoms with Gasteiger partial charge in [0.1, 0.15) is 11.6 Å². The van der Waals surface area contributed by atoms with Crippen molar-refractivity contribution < 1.29 is 32.2 Å². The lowest BCUT2D eigenvalue weighted by Gasteiger charge is -2.30. The topological polar surface area (TPSA) is 111 Å². The molecule has 0 aromatic rings. The van der Waals surface area contributed by atoms with Crippen LogP contribution in [0.1, 0.15) is 20.8 Å². The fraction of sp³-hybridized carbons (Fsp3) is 0.857. The Morgan fingerprint density at radius 2 is 1.76 bits per heavy atom. The molecule has 9 nitrogen and oxygen atoms in total.